The Morgan fingerprint density at radius 3 is 2.36 bits per heavy atom. The van der Waals surface area contributed by atoms with Crippen LogP contribution in [0.1, 0.15) is 6.42 Å². The quantitative estimate of drug-likeness (QED) is 0.578. The molecule has 0 aromatic heterocycles. The molecule has 0 amide bonds. The molecule has 0 spiro atoms. The lowest BCUT2D eigenvalue weighted by atomic mass is 10.2. The van der Waals surface area contributed by atoms with Gasteiger partial charge < -0.3 is 4.74 Å². The van der Waals surface area contributed by atoms with Crippen molar-refractivity contribution in [1.82, 2.24) is 5.32 Å². The minimum Gasteiger partial charge on any atom is -0.440 e. The molecule has 1 N–H and O–H groups in total. The zero-order valence-electron chi connectivity index (χ0n) is 5.44. The first-order chi connectivity index (χ1) is 5.00. The molecule has 1 heterocycles. The van der Waals surface area contributed by atoms with Crippen LogP contribution in [0, 0.1) is 0 Å². The number of halogens is 3. The van der Waals surface area contributed by atoms with E-state index in [0.29, 0.717) is 13.0 Å². The van der Waals surface area contributed by atoms with Gasteiger partial charge >= 0.3 is 12.1 Å². The summed E-state index contributed by atoms with van der Waals surface area (Å²) < 4.78 is 38.4. The summed E-state index contributed by atoms with van der Waals surface area (Å²) in [6.07, 6.45) is -5.18. The van der Waals surface area contributed by atoms with Gasteiger partial charge in [0, 0.05) is 13.0 Å². The number of esters is 1. The average Bonchev–Trinajstić information content (AvgIpc) is 1.75. The van der Waals surface area contributed by atoms with Gasteiger partial charge in [-0.2, -0.15) is 13.2 Å². The Labute approximate surface area is 60.5 Å². The molecule has 6 heteroatoms. The second-order valence-corrected chi connectivity index (χ2v) is 2.13. The Morgan fingerprint density at radius 2 is 2.09 bits per heavy atom. The molecule has 1 saturated heterocycles. The predicted octanol–water partition coefficient (Wildman–Crippen LogP) is 0.411. The third-order valence-corrected chi connectivity index (χ3v) is 1.26. The summed E-state index contributed by atoms with van der Waals surface area (Å²) in [4.78, 5) is 10.1. The zero-order valence-corrected chi connectivity index (χ0v) is 5.44. The van der Waals surface area contributed by atoms with Gasteiger partial charge in [-0.3, -0.25) is 5.32 Å². The Balaban J connectivity index is 2.30. The van der Waals surface area contributed by atoms with Gasteiger partial charge in [0.1, 0.15) is 0 Å². The van der Waals surface area contributed by atoms with E-state index in [4.69, 9.17) is 0 Å². The van der Waals surface area contributed by atoms with Gasteiger partial charge in [-0.1, -0.05) is 0 Å². The molecule has 0 aromatic rings. The smallest absolute Gasteiger partial charge is 0.440 e. The molecule has 64 valence electrons. The first-order valence-electron chi connectivity index (χ1n) is 3.01. The van der Waals surface area contributed by atoms with Crippen molar-refractivity contribution in [2.45, 2.75) is 18.8 Å². The number of hydrogen-bond acceptors (Lipinski definition) is 3. The fourth-order valence-corrected chi connectivity index (χ4v) is 0.559. The van der Waals surface area contributed by atoms with E-state index in [9.17, 15) is 18.0 Å². The molecule has 1 aliphatic rings. The highest BCUT2D eigenvalue weighted by Gasteiger charge is 2.42. The maximum absolute atomic E-state index is 11.5. The van der Waals surface area contributed by atoms with Crippen LogP contribution in [-0.4, -0.2) is 24.9 Å². The van der Waals surface area contributed by atoms with Crippen LogP contribution in [-0.2, 0) is 9.53 Å². The van der Waals surface area contributed by atoms with Crippen LogP contribution in [0.4, 0.5) is 13.2 Å². The molecule has 3 nitrogen and oxygen atoms in total. The van der Waals surface area contributed by atoms with Crippen molar-refractivity contribution in [3.05, 3.63) is 0 Å². The largest absolute Gasteiger partial charge is 0.490 e. The standard InChI is InChI=1S/C5H6F3NO2/c6-5(7,8)4(10)11-3-1-2-9-3/h3,9H,1-2H2. The molecule has 1 rings (SSSR count). The number of nitrogens with one attached hydrogen (secondary N) is 1. The highest BCUT2D eigenvalue weighted by molar-refractivity contribution is 5.75. The molecule has 0 aromatic carbocycles. The molecule has 0 saturated carbocycles. The third-order valence-electron chi connectivity index (χ3n) is 1.26. The fourth-order valence-electron chi connectivity index (χ4n) is 0.559. The van der Waals surface area contributed by atoms with E-state index in [2.05, 4.69) is 10.1 Å². The van der Waals surface area contributed by atoms with Gasteiger partial charge in [0.25, 0.3) is 0 Å². The van der Waals surface area contributed by atoms with Crippen LogP contribution >= 0.6 is 0 Å². The molecule has 1 fully saturated rings. The van der Waals surface area contributed by atoms with Crippen LogP contribution in [0.25, 0.3) is 0 Å². The maximum Gasteiger partial charge on any atom is 0.490 e. The van der Waals surface area contributed by atoms with Crippen molar-refractivity contribution in [2.24, 2.45) is 0 Å². The fraction of sp³-hybridized carbons (Fsp3) is 0.800. The van der Waals surface area contributed by atoms with Crippen molar-refractivity contribution in [3.8, 4) is 0 Å². The zero-order chi connectivity index (χ0) is 8.48. The van der Waals surface area contributed by atoms with Gasteiger partial charge in [0.15, 0.2) is 6.23 Å². The monoisotopic (exact) mass is 169 g/mol. The number of hydrogen-bond donors (Lipinski definition) is 1. The van der Waals surface area contributed by atoms with Gasteiger partial charge in [-0.25, -0.2) is 4.79 Å². The normalized spacial score (nSPS) is 24.1. The summed E-state index contributed by atoms with van der Waals surface area (Å²) in [5, 5.41) is 2.51. The molecule has 0 radical (unpaired) electrons. The third kappa shape index (κ3) is 2.07. The lowest BCUT2D eigenvalue weighted by Gasteiger charge is -2.27. The summed E-state index contributed by atoms with van der Waals surface area (Å²) in [6, 6.07) is 0. The lowest BCUT2D eigenvalue weighted by molar-refractivity contribution is -0.209. The molecule has 11 heavy (non-hydrogen) atoms. The summed E-state index contributed by atoms with van der Waals surface area (Å²) in [5.41, 5.74) is 0. The van der Waals surface area contributed by atoms with Crippen molar-refractivity contribution in [3.63, 3.8) is 0 Å². The van der Waals surface area contributed by atoms with Gasteiger partial charge in [0.2, 0.25) is 0 Å². The van der Waals surface area contributed by atoms with E-state index in [1.54, 1.807) is 0 Å². The number of alkyl halides is 3. The Bertz CT molecular complexity index is 164. The molecule has 1 unspecified atom stereocenters. The van der Waals surface area contributed by atoms with Crippen molar-refractivity contribution in [1.29, 1.82) is 0 Å². The Morgan fingerprint density at radius 1 is 1.55 bits per heavy atom. The second-order valence-electron chi connectivity index (χ2n) is 2.13. The van der Waals surface area contributed by atoms with Crippen LogP contribution in [0.3, 0.4) is 0 Å². The topological polar surface area (TPSA) is 38.3 Å². The van der Waals surface area contributed by atoms with Crippen LogP contribution < -0.4 is 5.32 Å². The molecule has 1 atom stereocenters. The average molecular weight is 169 g/mol. The number of rotatable bonds is 1. The summed E-state index contributed by atoms with van der Waals surface area (Å²) in [5.74, 6) is -2.13. The van der Waals surface area contributed by atoms with Crippen molar-refractivity contribution in [2.75, 3.05) is 6.54 Å². The molecular weight excluding hydrogens is 163 g/mol. The first kappa shape index (κ1) is 8.32. The Hall–Kier alpha value is -0.780. The van der Waals surface area contributed by atoms with Crippen LogP contribution in [0.2, 0.25) is 0 Å². The van der Waals surface area contributed by atoms with Crippen LogP contribution in [0.15, 0.2) is 0 Å². The molecule has 0 bridgehead atoms. The van der Waals surface area contributed by atoms with E-state index >= 15 is 0 Å². The molecular formula is C5H6F3NO2. The summed E-state index contributed by atoms with van der Waals surface area (Å²) in [6.45, 7) is 0.593. The maximum atomic E-state index is 11.5. The summed E-state index contributed by atoms with van der Waals surface area (Å²) >= 11 is 0. The Kier molecular flexibility index (Phi) is 2.03. The highest BCUT2D eigenvalue weighted by Crippen LogP contribution is 2.18. The SMILES string of the molecule is O=C(OC1CCN1)C(F)(F)F. The second kappa shape index (κ2) is 2.69. The molecule has 1 aliphatic heterocycles. The lowest BCUT2D eigenvalue weighted by Crippen LogP contribution is -2.47. The highest BCUT2D eigenvalue weighted by atomic mass is 19.4. The van der Waals surface area contributed by atoms with Gasteiger partial charge in [0.05, 0.1) is 0 Å². The number of carbonyl (C=O) groups excluding carboxylic acids is 1. The van der Waals surface area contributed by atoms with Gasteiger partial charge in [-0.05, 0) is 0 Å². The van der Waals surface area contributed by atoms with E-state index in [1.165, 1.54) is 0 Å². The molecule has 0 aliphatic carbocycles. The van der Waals surface area contributed by atoms with E-state index in [-0.39, 0.29) is 0 Å². The predicted molar refractivity (Wildman–Crippen MR) is 28.6 cm³/mol. The van der Waals surface area contributed by atoms with Crippen LogP contribution in [0.5, 0.6) is 0 Å². The van der Waals surface area contributed by atoms with Crippen molar-refractivity contribution < 1.29 is 22.7 Å². The van der Waals surface area contributed by atoms with E-state index in [0.717, 1.165) is 0 Å². The van der Waals surface area contributed by atoms with E-state index in [1.807, 2.05) is 0 Å². The summed E-state index contributed by atoms with van der Waals surface area (Å²) in [7, 11) is 0. The minimum atomic E-state index is -4.88. The van der Waals surface area contributed by atoms with Gasteiger partial charge in [-0.15, -0.1) is 0 Å². The van der Waals surface area contributed by atoms with E-state index < -0.39 is 18.4 Å². The first-order valence-corrected chi connectivity index (χ1v) is 3.01. The van der Waals surface area contributed by atoms with Crippen molar-refractivity contribution >= 4 is 5.97 Å². The number of carbonyl (C=O) groups is 1. The minimum absolute atomic E-state index is 0.446. The number of ether oxygens (including phenoxy) is 1.